The molecular formula is C17H34N2Sn. The SMILES string of the molecule is CCC[CH2][Sn]([CH2]CCC)([CH2]CCC)[c]1c(C)n[nH]c1C. The average molecular weight is 385 g/mol. The molecular weight excluding hydrogens is 351 g/mol. The van der Waals surface area contributed by atoms with Gasteiger partial charge in [-0.25, -0.2) is 0 Å². The molecule has 20 heavy (non-hydrogen) atoms. The molecule has 0 saturated heterocycles. The van der Waals surface area contributed by atoms with Crippen LogP contribution in [0.3, 0.4) is 0 Å². The van der Waals surface area contributed by atoms with Gasteiger partial charge >= 0.3 is 130 Å². The van der Waals surface area contributed by atoms with E-state index >= 15 is 0 Å². The number of hydrogen-bond acceptors (Lipinski definition) is 1. The van der Waals surface area contributed by atoms with Crippen molar-refractivity contribution in [2.24, 2.45) is 0 Å². The molecule has 0 saturated carbocycles. The van der Waals surface area contributed by atoms with Gasteiger partial charge in [-0.3, -0.25) is 0 Å². The normalized spacial score (nSPS) is 12.1. The fraction of sp³-hybridized carbons (Fsp3) is 0.824. The summed E-state index contributed by atoms with van der Waals surface area (Å²) in [4.78, 5) is 0. The minimum atomic E-state index is -2.25. The fourth-order valence-electron chi connectivity index (χ4n) is 3.63. The van der Waals surface area contributed by atoms with Gasteiger partial charge in [0, 0.05) is 0 Å². The number of nitrogens with zero attached hydrogens (tertiary/aromatic N) is 1. The number of unbranched alkanes of at least 4 members (excludes halogenated alkanes) is 3. The number of rotatable bonds is 10. The molecule has 0 fully saturated rings. The van der Waals surface area contributed by atoms with Crippen LogP contribution in [0.4, 0.5) is 0 Å². The molecule has 1 N–H and O–H groups in total. The summed E-state index contributed by atoms with van der Waals surface area (Å²) in [6, 6.07) is 0. The first-order valence-corrected chi connectivity index (χ1v) is 16.1. The van der Waals surface area contributed by atoms with Crippen LogP contribution in [0.2, 0.25) is 13.3 Å². The Kier molecular flexibility index (Phi) is 8.23. The number of aromatic amines is 1. The monoisotopic (exact) mass is 386 g/mol. The summed E-state index contributed by atoms with van der Waals surface area (Å²) in [5.74, 6) is 0. The molecule has 0 bridgehead atoms. The third-order valence-corrected chi connectivity index (χ3v) is 21.0. The van der Waals surface area contributed by atoms with Gasteiger partial charge in [-0.1, -0.05) is 0 Å². The molecule has 0 spiro atoms. The second kappa shape index (κ2) is 9.11. The molecule has 1 aromatic heterocycles. The first-order chi connectivity index (χ1) is 9.61. The molecule has 0 amide bonds. The van der Waals surface area contributed by atoms with Gasteiger partial charge in [0.15, 0.2) is 0 Å². The van der Waals surface area contributed by atoms with Crippen molar-refractivity contribution in [3.8, 4) is 0 Å². The van der Waals surface area contributed by atoms with Crippen LogP contribution >= 0.6 is 0 Å². The van der Waals surface area contributed by atoms with E-state index in [1.54, 1.807) is 3.58 Å². The van der Waals surface area contributed by atoms with Crippen molar-refractivity contribution >= 4 is 22.0 Å². The summed E-state index contributed by atoms with van der Waals surface area (Å²) >= 11 is -2.25. The molecule has 0 unspecified atom stereocenters. The number of hydrogen-bond donors (Lipinski definition) is 1. The molecule has 3 heteroatoms. The molecule has 0 aromatic carbocycles. The third kappa shape index (κ3) is 4.50. The number of aryl methyl sites for hydroxylation is 2. The predicted octanol–water partition coefficient (Wildman–Crippen LogP) is 5.08. The zero-order chi connectivity index (χ0) is 15.0. The van der Waals surface area contributed by atoms with Crippen molar-refractivity contribution in [3.63, 3.8) is 0 Å². The van der Waals surface area contributed by atoms with E-state index in [0.717, 1.165) is 0 Å². The van der Waals surface area contributed by atoms with Crippen molar-refractivity contribution in [1.82, 2.24) is 10.2 Å². The van der Waals surface area contributed by atoms with Gasteiger partial charge in [0.25, 0.3) is 0 Å². The number of aromatic nitrogens is 2. The van der Waals surface area contributed by atoms with Crippen LogP contribution in [0.1, 0.15) is 70.7 Å². The molecule has 1 rings (SSSR count). The maximum absolute atomic E-state index is 4.53. The molecule has 0 radical (unpaired) electrons. The first kappa shape index (κ1) is 18.1. The zero-order valence-corrected chi connectivity index (χ0v) is 17.2. The first-order valence-electron chi connectivity index (χ1n) is 8.63. The average Bonchev–Trinajstić information content (AvgIpc) is 2.79. The molecule has 2 nitrogen and oxygen atoms in total. The summed E-state index contributed by atoms with van der Waals surface area (Å²) < 4.78 is 6.35. The Bertz CT molecular complexity index is 343. The van der Waals surface area contributed by atoms with Crippen LogP contribution in [-0.2, 0) is 0 Å². The maximum atomic E-state index is 4.53. The Morgan fingerprint density at radius 2 is 1.30 bits per heavy atom. The molecule has 1 heterocycles. The Hall–Kier alpha value is 0.00870. The van der Waals surface area contributed by atoms with Gasteiger partial charge in [-0.05, 0) is 0 Å². The topological polar surface area (TPSA) is 28.7 Å². The summed E-state index contributed by atoms with van der Waals surface area (Å²) in [7, 11) is 0. The standard InChI is InChI=1S/C5H7N2.3C4H9.Sn/c1-4-3-5(2)7-6-4;3*1-3-4-2;/h1-2H3,(H,6,7);3*1,3-4H2,2H3;. The summed E-state index contributed by atoms with van der Waals surface area (Å²) in [5.41, 5.74) is 2.71. The van der Waals surface area contributed by atoms with Crippen molar-refractivity contribution in [1.29, 1.82) is 0 Å². The fourth-order valence-corrected chi connectivity index (χ4v) is 21.5. The van der Waals surface area contributed by atoms with Crippen LogP contribution in [0.15, 0.2) is 0 Å². The quantitative estimate of drug-likeness (QED) is 0.559. The second-order valence-corrected chi connectivity index (χ2v) is 19.4. The molecule has 116 valence electrons. The Morgan fingerprint density at radius 3 is 1.60 bits per heavy atom. The second-order valence-electron chi connectivity index (χ2n) is 6.40. The zero-order valence-electron chi connectivity index (χ0n) is 14.3. The van der Waals surface area contributed by atoms with E-state index in [4.69, 9.17) is 0 Å². The van der Waals surface area contributed by atoms with Crippen molar-refractivity contribution in [2.45, 2.75) is 86.5 Å². The molecule has 0 aliphatic heterocycles. The Morgan fingerprint density at radius 1 is 0.850 bits per heavy atom. The Balaban J connectivity index is 3.11. The van der Waals surface area contributed by atoms with Crippen LogP contribution in [0.5, 0.6) is 0 Å². The van der Waals surface area contributed by atoms with Gasteiger partial charge in [-0.2, -0.15) is 0 Å². The summed E-state index contributed by atoms with van der Waals surface area (Å²) in [6.07, 6.45) is 8.29. The van der Waals surface area contributed by atoms with E-state index in [1.807, 2.05) is 0 Å². The van der Waals surface area contributed by atoms with Crippen molar-refractivity contribution in [2.75, 3.05) is 0 Å². The van der Waals surface area contributed by atoms with E-state index in [2.05, 4.69) is 44.8 Å². The minimum absolute atomic E-state index is 1.32. The summed E-state index contributed by atoms with van der Waals surface area (Å²) in [5, 5.41) is 7.81. The number of nitrogens with one attached hydrogen (secondary N) is 1. The van der Waals surface area contributed by atoms with Gasteiger partial charge in [0.05, 0.1) is 0 Å². The molecule has 0 aliphatic carbocycles. The Labute approximate surface area is 130 Å². The van der Waals surface area contributed by atoms with Crippen molar-refractivity contribution < 1.29 is 0 Å². The molecule has 1 aromatic rings. The van der Waals surface area contributed by atoms with E-state index < -0.39 is 18.4 Å². The van der Waals surface area contributed by atoms with Gasteiger partial charge < -0.3 is 0 Å². The predicted molar refractivity (Wildman–Crippen MR) is 92.6 cm³/mol. The van der Waals surface area contributed by atoms with Gasteiger partial charge in [-0.15, -0.1) is 0 Å². The van der Waals surface area contributed by atoms with E-state index in [-0.39, 0.29) is 0 Å². The van der Waals surface area contributed by atoms with E-state index in [9.17, 15) is 0 Å². The van der Waals surface area contributed by atoms with Crippen LogP contribution in [0.25, 0.3) is 0 Å². The van der Waals surface area contributed by atoms with Gasteiger partial charge in [0.1, 0.15) is 0 Å². The van der Waals surface area contributed by atoms with E-state index in [0.29, 0.717) is 0 Å². The third-order valence-electron chi connectivity index (χ3n) is 4.69. The molecule has 0 aliphatic rings. The summed E-state index contributed by atoms with van der Waals surface area (Å²) in [6.45, 7) is 11.5. The number of H-pyrrole nitrogens is 1. The van der Waals surface area contributed by atoms with Crippen LogP contribution in [0, 0.1) is 13.8 Å². The van der Waals surface area contributed by atoms with E-state index in [1.165, 1.54) is 63.2 Å². The van der Waals surface area contributed by atoms with Crippen LogP contribution in [-0.4, -0.2) is 28.6 Å². The van der Waals surface area contributed by atoms with Crippen molar-refractivity contribution in [3.05, 3.63) is 11.4 Å². The van der Waals surface area contributed by atoms with Crippen LogP contribution < -0.4 is 3.58 Å². The molecule has 0 atom stereocenters. The van der Waals surface area contributed by atoms with Gasteiger partial charge in [0.2, 0.25) is 0 Å².